The third-order valence-electron chi connectivity index (χ3n) is 3.47. The van der Waals surface area contributed by atoms with E-state index in [2.05, 4.69) is 10.1 Å². The number of hydrogen-bond donors (Lipinski definition) is 1. The van der Waals surface area contributed by atoms with Gasteiger partial charge >= 0.3 is 11.9 Å². The Bertz CT molecular complexity index is 620. The van der Waals surface area contributed by atoms with Crippen molar-refractivity contribution in [3.63, 3.8) is 0 Å². The first-order valence-electron chi connectivity index (χ1n) is 7.29. The Kier molecular flexibility index (Phi) is 8.01. The fourth-order valence-electron chi connectivity index (χ4n) is 1.85. The van der Waals surface area contributed by atoms with E-state index >= 15 is 0 Å². The Morgan fingerprint density at radius 1 is 1.21 bits per heavy atom. The van der Waals surface area contributed by atoms with Crippen molar-refractivity contribution in [1.82, 2.24) is 5.32 Å². The Hall–Kier alpha value is -1.79. The van der Waals surface area contributed by atoms with Crippen LogP contribution in [0.3, 0.4) is 0 Å². The van der Waals surface area contributed by atoms with E-state index in [1.165, 1.54) is 25.3 Å². The highest BCUT2D eigenvalue weighted by atomic mass is 35.5. The van der Waals surface area contributed by atoms with Crippen LogP contribution in [0.1, 0.15) is 30.6 Å². The maximum atomic E-state index is 11.9. The molecule has 0 radical (unpaired) electrons. The zero-order valence-electron chi connectivity index (χ0n) is 13.6. The first-order valence-corrected chi connectivity index (χ1v) is 8.05. The molecular weight excluding hydrogens is 357 g/mol. The second-order valence-electron chi connectivity index (χ2n) is 5.16. The second kappa shape index (κ2) is 9.49. The minimum atomic E-state index is -0.795. The second-order valence-corrected chi connectivity index (χ2v) is 5.97. The standard InChI is InChI=1S/C16H19Cl2NO5/c1-4-9(2)14(16(22)23-3)19-13(20)8-24-15(21)10-5-6-11(17)12(18)7-10/h5-7,9,14H,4,8H2,1-3H3,(H,19,20)/t9-,14+/m1/s1. The van der Waals surface area contributed by atoms with Crippen molar-refractivity contribution < 1.29 is 23.9 Å². The molecule has 1 aromatic rings. The maximum absolute atomic E-state index is 11.9. The Morgan fingerprint density at radius 3 is 2.42 bits per heavy atom. The lowest BCUT2D eigenvalue weighted by molar-refractivity contribution is -0.147. The highest BCUT2D eigenvalue weighted by Gasteiger charge is 2.27. The molecular formula is C16H19Cl2NO5. The van der Waals surface area contributed by atoms with E-state index in [0.29, 0.717) is 11.4 Å². The number of methoxy groups -OCH3 is 1. The highest BCUT2D eigenvalue weighted by molar-refractivity contribution is 6.42. The fourth-order valence-corrected chi connectivity index (χ4v) is 2.15. The van der Waals surface area contributed by atoms with Crippen LogP contribution in [-0.4, -0.2) is 37.6 Å². The number of carbonyl (C=O) groups excluding carboxylic acids is 3. The molecule has 0 spiro atoms. The van der Waals surface area contributed by atoms with Gasteiger partial charge in [-0.25, -0.2) is 9.59 Å². The van der Waals surface area contributed by atoms with Gasteiger partial charge in [-0.15, -0.1) is 0 Å². The van der Waals surface area contributed by atoms with E-state index in [4.69, 9.17) is 27.9 Å². The van der Waals surface area contributed by atoms with Gasteiger partial charge in [-0.05, 0) is 24.1 Å². The summed E-state index contributed by atoms with van der Waals surface area (Å²) in [5, 5.41) is 3.02. The van der Waals surface area contributed by atoms with Crippen LogP contribution in [0.4, 0.5) is 0 Å². The van der Waals surface area contributed by atoms with Gasteiger partial charge in [-0.1, -0.05) is 43.5 Å². The van der Waals surface area contributed by atoms with Crippen molar-refractivity contribution in [2.45, 2.75) is 26.3 Å². The van der Waals surface area contributed by atoms with Crippen LogP contribution < -0.4 is 5.32 Å². The quantitative estimate of drug-likeness (QED) is 0.740. The van der Waals surface area contributed by atoms with E-state index in [9.17, 15) is 14.4 Å². The van der Waals surface area contributed by atoms with Gasteiger partial charge in [0.25, 0.3) is 5.91 Å². The predicted octanol–water partition coefficient (Wildman–Crippen LogP) is 2.85. The number of amides is 1. The average Bonchev–Trinajstić information content (AvgIpc) is 2.58. The maximum Gasteiger partial charge on any atom is 0.338 e. The number of nitrogens with one attached hydrogen (secondary N) is 1. The Labute approximate surface area is 150 Å². The average molecular weight is 376 g/mol. The minimum Gasteiger partial charge on any atom is -0.467 e. The van der Waals surface area contributed by atoms with Gasteiger partial charge in [0, 0.05) is 0 Å². The summed E-state index contributed by atoms with van der Waals surface area (Å²) in [6.07, 6.45) is 0.670. The summed E-state index contributed by atoms with van der Waals surface area (Å²) < 4.78 is 9.57. The summed E-state index contributed by atoms with van der Waals surface area (Å²) in [6.45, 7) is 3.17. The molecule has 0 heterocycles. The molecule has 8 heteroatoms. The number of esters is 2. The summed E-state index contributed by atoms with van der Waals surface area (Å²) in [7, 11) is 1.24. The monoisotopic (exact) mass is 375 g/mol. The minimum absolute atomic E-state index is 0.118. The number of halogens is 2. The van der Waals surface area contributed by atoms with Gasteiger partial charge in [0.05, 0.1) is 22.7 Å². The lowest BCUT2D eigenvalue weighted by Gasteiger charge is -2.21. The molecule has 0 saturated heterocycles. The molecule has 0 unspecified atom stereocenters. The van der Waals surface area contributed by atoms with Gasteiger partial charge in [0.2, 0.25) is 0 Å². The van der Waals surface area contributed by atoms with Gasteiger partial charge in [-0.3, -0.25) is 4.79 Å². The molecule has 6 nitrogen and oxygen atoms in total. The smallest absolute Gasteiger partial charge is 0.338 e. The number of ether oxygens (including phenoxy) is 2. The number of benzene rings is 1. The Balaban J connectivity index is 2.62. The molecule has 0 aliphatic rings. The predicted molar refractivity (Wildman–Crippen MR) is 90.1 cm³/mol. The molecule has 1 amide bonds. The summed E-state index contributed by atoms with van der Waals surface area (Å²) in [5.41, 5.74) is 0.170. The van der Waals surface area contributed by atoms with Crippen LogP contribution >= 0.6 is 23.2 Å². The number of rotatable bonds is 7. The molecule has 0 bridgehead atoms. The van der Waals surface area contributed by atoms with E-state index in [0.717, 1.165) is 0 Å². The summed E-state index contributed by atoms with van der Waals surface area (Å²) in [6, 6.07) is 3.44. The molecule has 1 rings (SSSR count). The van der Waals surface area contributed by atoms with E-state index in [1.54, 1.807) is 0 Å². The molecule has 0 aromatic heterocycles. The van der Waals surface area contributed by atoms with Gasteiger partial charge in [0.15, 0.2) is 6.61 Å². The van der Waals surface area contributed by atoms with E-state index in [1.807, 2.05) is 13.8 Å². The molecule has 0 fully saturated rings. The van der Waals surface area contributed by atoms with Crippen LogP contribution in [0.25, 0.3) is 0 Å². The van der Waals surface area contributed by atoms with Crippen molar-refractivity contribution in [3.05, 3.63) is 33.8 Å². The third-order valence-corrected chi connectivity index (χ3v) is 4.21. The first kappa shape index (κ1) is 20.3. The van der Waals surface area contributed by atoms with Crippen LogP contribution in [0.2, 0.25) is 10.0 Å². The van der Waals surface area contributed by atoms with Crippen LogP contribution in [0, 0.1) is 5.92 Å². The summed E-state index contributed by atoms with van der Waals surface area (Å²) in [5.74, 6) is -1.98. The number of hydrogen-bond acceptors (Lipinski definition) is 5. The lowest BCUT2D eigenvalue weighted by atomic mass is 9.99. The van der Waals surface area contributed by atoms with Crippen LogP contribution in [0.15, 0.2) is 18.2 Å². The molecule has 1 N–H and O–H groups in total. The zero-order chi connectivity index (χ0) is 18.3. The normalized spacial score (nSPS) is 12.9. The topological polar surface area (TPSA) is 81.7 Å². The van der Waals surface area contributed by atoms with Crippen molar-refractivity contribution in [3.8, 4) is 0 Å². The highest BCUT2D eigenvalue weighted by Crippen LogP contribution is 2.22. The third kappa shape index (κ3) is 5.69. The van der Waals surface area contributed by atoms with E-state index < -0.39 is 30.5 Å². The lowest BCUT2D eigenvalue weighted by Crippen LogP contribution is -2.47. The Morgan fingerprint density at radius 2 is 1.88 bits per heavy atom. The molecule has 0 aliphatic heterocycles. The van der Waals surface area contributed by atoms with Crippen LogP contribution in [-0.2, 0) is 19.1 Å². The largest absolute Gasteiger partial charge is 0.467 e. The number of carbonyl (C=O) groups is 3. The molecule has 0 saturated carbocycles. The molecule has 24 heavy (non-hydrogen) atoms. The van der Waals surface area contributed by atoms with Gasteiger partial charge in [-0.2, -0.15) is 0 Å². The van der Waals surface area contributed by atoms with Crippen molar-refractivity contribution in [2.75, 3.05) is 13.7 Å². The molecule has 1 aromatic carbocycles. The van der Waals surface area contributed by atoms with E-state index in [-0.39, 0.29) is 16.5 Å². The van der Waals surface area contributed by atoms with Crippen LogP contribution in [0.5, 0.6) is 0 Å². The van der Waals surface area contributed by atoms with Crippen molar-refractivity contribution in [1.29, 1.82) is 0 Å². The summed E-state index contributed by atoms with van der Waals surface area (Å²) >= 11 is 11.6. The SMILES string of the molecule is CC[C@@H](C)[C@H](NC(=O)COC(=O)c1ccc(Cl)c(Cl)c1)C(=O)OC. The van der Waals surface area contributed by atoms with Crippen molar-refractivity contribution >= 4 is 41.0 Å². The van der Waals surface area contributed by atoms with Crippen molar-refractivity contribution in [2.24, 2.45) is 5.92 Å². The van der Waals surface area contributed by atoms with Gasteiger partial charge in [0.1, 0.15) is 6.04 Å². The van der Waals surface area contributed by atoms with Gasteiger partial charge < -0.3 is 14.8 Å². The summed E-state index contributed by atoms with van der Waals surface area (Å²) in [4.78, 5) is 35.5. The molecule has 0 aliphatic carbocycles. The zero-order valence-corrected chi connectivity index (χ0v) is 15.1. The molecule has 2 atom stereocenters. The fraction of sp³-hybridized carbons (Fsp3) is 0.438. The first-order chi connectivity index (χ1) is 11.3. The molecule has 132 valence electrons.